The van der Waals surface area contributed by atoms with Gasteiger partial charge in [-0.05, 0) is 42.5 Å². The number of para-hydroxylation sites is 3. The van der Waals surface area contributed by atoms with Crippen molar-refractivity contribution in [1.82, 2.24) is 0 Å². The number of anilines is 4. The molecule has 0 amide bonds. The lowest BCUT2D eigenvalue weighted by Crippen LogP contribution is -2.58. The van der Waals surface area contributed by atoms with Crippen LogP contribution in [0.4, 0.5) is 22.7 Å². The first kappa shape index (κ1) is 18.0. The number of fused-ring (bicyclic) bond motifs is 5. The number of hydrogen-bond donors (Lipinski definition) is 2. The lowest BCUT2D eigenvalue weighted by atomic mass is 9.88. The third-order valence-electron chi connectivity index (χ3n) is 6.78. The predicted octanol–water partition coefficient (Wildman–Crippen LogP) is 6.91. The third kappa shape index (κ3) is 2.44. The SMILES string of the molecule is Clc1ccc(N[C@@H]2c3ccccc3N3[C@H]4c5ccccc5N[C@H]3c3ccccc3N42)cc1. The summed E-state index contributed by atoms with van der Waals surface area (Å²) in [7, 11) is 0. The molecule has 156 valence electrons. The van der Waals surface area contributed by atoms with Crippen molar-refractivity contribution in [2.45, 2.75) is 18.5 Å². The molecule has 0 aliphatic carbocycles. The third-order valence-corrected chi connectivity index (χ3v) is 7.03. The van der Waals surface area contributed by atoms with E-state index in [1.165, 1.54) is 33.8 Å². The van der Waals surface area contributed by atoms with Gasteiger partial charge in [0.1, 0.15) is 18.5 Å². The van der Waals surface area contributed by atoms with Crippen LogP contribution in [0.15, 0.2) is 97.1 Å². The van der Waals surface area contributed by atoms with Gasteiger partial charge in [-0.3, -0.25) is 0 Å². The number of nitrogens with one attached hydrogen (secondary N) is 2. The van der Waals surface area contributed by atoms with Crippen LogP contribution >= 0.6 is 11.6 Å². The van der Waals surface area contributed by atoms with Crippen LogP contribution in [0.3, 0.4) is 0 Å². The fraction of sp³-hybridized carbons (Fsp3) is 0.111. The first-order valence-electron chi connectivity index (χ1n) is 10.9. The fourth-order valence-electron chi connectivity index (χ4n) is 5.46. The molecule has 3 heterocycles. The van der Waals surface area contributed by atoms with Crippen LogP contribution in [0, 0.1) is 0 Å². The van der Waals surface area contributed by atoms with Gasteiger partial charge in [0, 0.05) is 44.5 Å². The highest BCUT2D eigenvalue weighted by molar-refractivity contribution is 6.30. The molecule has 3 atom stereocenters. The van der Waals surface area contributed by atoms with Crippen molar-refractivity contribution in [1.29, 1.82) is 0 Å². The molecule has 2 N–H and O–H groups in total. The van der Waals surface area contributed by atoms with Gasteiger partial charge in [0.15, 0.2) is 0 Å². The standard InChI is InChI=1S/C27H21ClN4/c28-17-13-15-18(16-14-17)29-25-20-8-2-5-11-23(20)32-26-21-9-3-6-12-24(21)31(25)27(32)19-7-1-4-10-22(19)30-26/h1-16,25-27,29-30H/t25-,26+,27-/m0/s1. The van der Waals surface area contributed by atoms with Crippen molar-refractivity contribution < 1.29 is 0 Å². The molecule has 0 saturated carbocycles. The van der Waals surface area contributed by atoms with Crippen LogP contribution in [0.25, 0.3) is 0 Å². The van der Waals surface area contributed by atoms with E-state index in [-0.39, 0.29) is 18.5 Å². The highest BCUT2D eigenvalue weighted by Gasteiger charge is 2.50. The monoisotopic (exact) mass is 436 g/mol. The summed E-state index contributed by atoms with van der Waals surface area (Å²) in [6.07, 6.45) is 0.147. The van der Waals surface area contributed by atoms with E-state index in [0.717, 1.165) is 10.7 Å². The zero-order chi connectivity index (χ0) is 21.2. The van der Waals surface area contributed by atoms with Gasteiger partial charge in [0.25, 0.3) is 0 Å². The van der Waals surface area contributed by atoms with E-state index in [2.05, 4.69) is 93.2 Å². The summed E-state index contributed by atoms with van der Waals surface area (Å²) in [6.45, 7) is 0. The molecule has 0 spiro atoms. The fourth-order valence-corrected chi connectivity index (χ4v) is 5.59. The van der Waals surface area contributed by atoms with Crippen LogP contribution in [-0.4, -0.2) is 0 Å². The number of benzene rings is 4. The average molecular weight is 437 g/mol. The van der Waals surface area contributed by atoms with Crippen LogP contribution in [0.2, 0.25) is 5.02 Å². The van der Waals surface area contributed by atoms with E-state index in [1.54, 1.807) is 0 Å². The number of halogens is 1. The maximum atomic E-state index is 6.16. The highest BCUT2D eigenvalue weighted by Crippen LogP contribution is 2.58. The molecule has 4 aromatic rings. The number of rotatable bonds is 2. The molecule has 32 heavy (non-hydrogen) atoms. The second kappa shape index (κ2) is 6.68. The predicted molar refractivity (Wildman–Crippen MR) is 131 cm³/mol. The summed E-state index contributed by atoms with van der Waals surface area (Å²) in [5.74, 6) is 0. The maximum Gasteiger partial charge on any atom is 0.134 e. The van der Waals surface area contributed by atoms with Crippen molar-refractivity contribution in [3.05, 3.63) is 119 Å². The quantitative estimate of drug-likeness (QED) is 0.357. The van der Waals surface area contributed by atoms with Crippen LogP contribution in [0.5, 0.6) is 0 Å². The molecule has 0 aromatic heterocycles. The van der Waals surface area contributed by atoms with Crippen molar-refractivity contribution >= 4 is 34.4 Å². The van der Waals surface area contributed by atoms with Crippen LogP contribution in [-0.2, 0) is 0 Å². The molecule has 3 aliphatic heterocycles. The van der Waals surface area contributed by atoms with Gasteiger partial charge in [-0.1, -0.05) is 66.2 Å². The Kier molecular flexibility index (Phi) is 3.76. The molecule has 7 rings (SSSR count). The zero-order valence-corrected chi connectivity index (χ0v) is 18.0. The van der Waals surface area contributed by atoms with Crippen molar-refractivity contribution in [3.8, 4) is 0 Å². The molecule has 0 fully saturated rings. The minimum Gasteiger partial charge on any atom is -0.361 e. The van der Waals surface area contributed by atoms with Crippen molar-refractivity contribution in [2.24, 2.45) is 0 Å². The summed E-state index contributed by atoms with van der Waals surface area (Å²) in [4.78, 5) is 5.06. The Hall–Kier alpha value is -3.63. The Labute approximate surface area is 192 Å². The number of nitrogens with zero attached hydrogens (tertiary/aromatic N) is 2. The summed E-state index contributed by atoms with van der Waals surface area (Å²) in [5, 5.41) is 8.37. The normalized spacial score (nSPS) is 21.7. The minimum absolute atomic E-state index is 0.0260. The summed E-state index contributed by atoms with van der Waals surface area (Å²) in [5.41, 5.74) is 8.58. The van der Waals surface area contributed by atoms with Crippen molar-refractivity contribution in [2.75, 3.05) is 20.4 Å². The lowest BCUT2D eigenvalue weighted by Gasteiger charge is -2.60. The van der Waals surface area contributed by atoms with Gasteiger partial charge in [0.05, 0.1) is 0 Å². The molecule has 4 bridgehead atoms. The van der Waals surface area contributed by atoms with E-state index in [9.17, 15) is 0 Å². The number of hydrogen-bond acceptors (Lipinski definition) is 4. The van der Waals surface area contributed by atoms with Gasteiger partial charge < -0.3 is 20.4 Å². The Bertz CT molecular complexity index is 1340. The molecule has 0 radical (unpaired) electrons. The van der Waals surface area contributed by atoms with E-state index in [4.69, 9.17) is 11.6 Å². The van der Waals surface area contributed by atoms with E-state index in [0.29, 0.717) is 0 Å². The molecular formula is C27H21ClN4. The van der Waals surface area contributed by atoms with Gasteiger partial charge in [-0.2, -0.15) is 0 Å². The molecule has 0 unspecified atom stereocenters. The molecule has 4 nitrogen and oxygen atoms in total. The Balaban J connectivity index is 1.49. The molecular weight excluding hydrogens is 416 g/mol. The van der Waals surface area contributed by atoms with E-state index in [1.807, 2.05) is 24.3 Å². The Morgan fingerprint density at radius 2 is 1.28 bits per heavy atom. The summed E-state index contributed by atoms with van der Waals surface area (Å²) < 4.78 is 0. The van der Waals surface area contributed by atoms with Crippen LogP contribution in [0.1, 0.15) is 35.2 Å². The van der Waals surface area contributed by atoms with Gasteiger partial charge in [-0.15, -0.1) is 0 Å². The Morgan fingerprint density at radius 1 is 0.656 bits per heavy atom. The smallest absolute Gasteiger partial charge is 0.134 e. The summed E-state index contributed by atoms with van der Waals surface area (Å²) >= 11 is 6.16. The largest absolute Gasteiger partial charge is 0.361 e. The van der Waals surface area contributed by atoms with E-state index >= 15 is 0 Å². The second-order valence-electron chi connectivity index (χ2n) is 8.49. The van der Waals surface area contributed by atoms with Gasteiger partial charge in [-0.25, -0.2) is 0 Å². The minimum atomic E-state index is -0.0260. The Morgan fingerprint density at radius 3 is 2.06 bits per heavy atom. The average Bonchev–Trinajstić information content (AvgIpc) is 2.84. The first-order valence-corrected chi connectivity index (χ1v) is 11.3. The second-order valence-corrected chi connectivity index (χ2v) is 8.93. The first-order chi connectivity index (χ1) is 15.8. The zero-order valence-electron chi connectivity index (χ0n) is 17.2. The van der Waals surface area contributed by atoms with Crippen molar-refractivity contribution in [3.63, 3.8) is 0 Å². The highest BCUT2D eigenvalue weighted by atomic mass is 35.5. The van der Waals surface area contributed by atoms with Gasteiger partial charge >= 0.3 is 0 Å². The lowest BCUT2D eigenvalue weighted by molar-refractivity contribution is 0.432. The maximum absolute atomic E-state index is 6.16. The molecule has 5 heteroatoms. The van der Waals surface area contributed by atoms with Gasteiger partial charge in [0.2, 0.25) is 0 Å². The van der Waals surface area contributed by atoms with Crippen LogP contribution < -0.4 is 20.4 Å². The molecule has 0 saturated heterocycles. The molecule has 4 aromatic carbocycles. The molecule has 3 aliphatic rings. The van der Waals surface area contributed by atoms with E-state index < -0.39 is 0 Å². The topological polar surface area (TPSA) is 30.5 Å². The summed E-state index contributed by atoms with van der Waals surface area (Å²) in [6, 6.07) is 34.1.